The number of aliphatic hydroxyl groups is 1. The van der Waals surface area contributed by atoms with Gasteiger partial charge < -0.3 is 15.3 Å². The monoisotopic (exact) mass is 299 g/mol. The van der Waals surface area contributed by atoms with Crippen LogP contribution in [0.15, 0.2) is 18.2 Å². The van der Waals surface area contributed by atoms with Gasteiger partial charge in [0.2, 0.25) is 0 Å². The fourth-order valence-electron chi connectivity index (χ4n) is 2.22. The molecule has 1 amide bonds. The van der Waals surface area contributed by atoms with Crippen LogP contribution in [-0.4, -0.2) is 53.1 Å². The van der Waals surface area contributed by atoms with Gasteiger partial charge in [-0.25, -0.2) is 0 Å². The SMILES string of the molecule is CN(C(=O)c1ccc(Cl)cc1[N+](=O)[O-])[C@H]1CNC[C@@H]1O. The number of likely N-dealkylation sites (N-methyl/N-ethyl adjacent to an activating group) is 1. The van der Waals surface area contributed by atoms with E-state index in [0.717, 1.165) is 6.07 Å². The van der Waals surface area contributed by atoms with Crippen LogP contribution < -0.4 is 5.32 Å². The van der Waals surface area contributed by atoms with Crippen molar-refractivity contribution in [3.63, 3.8) is 0 Å². The largest absolute Gasteiger partial charge is 0.390 e. The Morgan fingerprint density at radius 1 is 1.55 bits per heavy atom. The van der Waals surface area contributed by atoms with Gasteiger partial charge in [-0.15, -0.1) is 0 Å². The first-order valence-electron chi connectivity index (χ1n) is 6.01. The molecule has 0 aliphatic carbocycles. The van der Waals surface area contributed by atoms with Crippen LogP contribution in [0.5, 0.6) is 0 Å². The number of nitrogens with zero attached hydrogens (tertiary/aromatic N) is 2. The second-order valence-electron chi connectivity index (χ2n) is 4.63. The minimum atomic E-state index is -0.685. The van der Waals surface area contributed by atoms with Crippen molar-refractivity contribution >= 4 is 23.2 Å². The maximum absolute atomic E-state index is 12.4. The molecule has 2 rings (SSSR count). The Morgan fingerprint density at radius 2 is 2.25 bits per heavy atom. The van der Waals surface area contributed by atoms with Crippen LogP contribution in [0, 0.1) is 10.1 Å². The predicted octanol–water partition coefficient (Wildman–Crippen LogP) is 0.653. The van der Waals surface area contributed by atoms with Crippen LogP contribution in [0.25, 0.3) is 0 Å². The summed E-state index contributed by atoms with van der Waals surface area (Å²) in [5.74, 6) is -0.513. The molecule has 20 heavy (non-hydrogen) atoms. The molecular formula is C12H14ClN3O4. The van der Waals surface area contributed by atoms with Gasteiger partial charge in [0.15, 0.2) is 0 Å². The van der Waals surface area contributed by atoms with Crippen LogP contribution in [-0.2, 0) is 0 Å². The number of hydrogen-bond acceptors (Lipinski definition) is 5. The Labute approximate surface area is 120 Å². The van der Waals surface area contributed by atoms with Gasteiger partial charge in [-0.05, 0) is 12.1 Å². The minimum absolute atomic E-state index is 0.0407. The summed E-state index contributed by atoms with van der Waals surface area (Å²) < 4.78 is 0. The van der Waals surface area contributed by atoms with E-state index in [9.17, 15) is 20.0 Å². The van der Waals surface area contributed by atoms with Crippen LogP contribution >= 0.6 is 11.6 Å². The molecule has 108 valence electrons. The molecule has 2 N–H and O–H groups in total. The molecule has 0 bridgehead atoms. The Bertz CT molecular complexity index is 552. The van der Waals surface area contributed by atoms with E-state index in [1.54, 1.807) is 0 Å². The van der Waals surface area contributed by atoms with Gasteiger partial charge in [-0.3, -0.25) is 14.9 Å². The highest BCUT2D eigenvalue weighted by Gasteiger charge is 2.33. The van der Waals surface area contributed by atoms with Crippen molar-refractivity contribution in [2.24, 2.45) is 0 Å². The van der Waals surface area contributed by atoms with Crippen LogP contribution in [0.1, 0.15) is 10.4 Å². The predicted molar refractivity (Wildman–Crippen MR) is 72.9 cm³/mol. The highest BCUT2D eigenvalue weighted by molar-refractivity contribution is 6.31. The van der Waals surface area contributed by atoms with Crippen molar-refractivity contribution in [3.05, 3.63) is 38.9 Å². The summed E-state index contributed by atoms with van der Waals surface area (Å²) >= 11 is 5.72. The number of nitro benzene ring substituents is 1. The van der Waals surface area contributed by atoms with E-state index < -0.39 is 23.0 Å². The van der Waals surface area contributed by atoms with Crippen LogP contribution in [0.2, 0.25) is 5.02 Å². The molecule has 1 aromatic carbocycles. The third-order valence-corrected chi connectivity index (χ3v) is 3.59. The Kier molecular flexibility index (Phi) is 4.22. The summed E-state index contributed by atoms with van der Waals surface area (Å²) in [6.45, 7) is 0.843. The first kappa shape index (κ1) is 14.7. The number of carbonyl (C=O) groups is 1. The average molecular weight is 300 g/mol. The smallest absolute Gasteiger partial charge is 0.283 e. The summed E-state index contributed by atoms with van der Waals surface area (Å²) in [5, 5.41) is 23.9. The summed E-state index contributed by atoms with van der Waals surface area (Å²) in [5.41, 5.74) is -0.379. The van der Waals surface area contributed by atoms with E-state index in [1.165, 1.54) is 24.1 Å². The van der Waals surface area contributed by atoms with Gasteiger partial charge in [0.05, 0.1) is 17.1 Å². The third-order valence-electron chi connectivity index (χ3n) is 3.36. The molecular weight excluding hydrogens is 286 g/mol. The quantitative estimate of drug-likeness (QED) is 0.631. The zero-order valence-corrected chi connectivity index (χ0v) is 11.5. The molecule has 1 aliphatic heterocycles. The Morgan fingerprint density at radius 3 is 2.80 bits per heavy atom. The van der Waals surface area contributed by atoms with Gasteiger partial charge in [-0.1, -0.05) is 11.6 Å². The lowest BCUT2D eigenvalue weighted by Gasteiger charge is -2.26. The lowest BCUT2D eigenvalue weighted by atomic mass is 10.1. The van der Waals surface area contributed by atoms with Crippen molar-refractivity contribution < 1.29 is 14.8 Å². The maximum Gasteiger partial charge on any atom is 0.283 e. The molecule has 1 aliphatic rings. The molecule has 0 radical (unpaired) electrons. The highest BCUT2D eigenvalue weighted by Crippen LogP contribution is 2.25. The van der Waals surface area contributed by atoms with E-state index in [4.69, 9.17) is 11.6 Å². The number of aliphatic hydroxyl groups excluding tert-OH is 1. The van der Waals surface area contributed by atoms with Crippen LogP contribution in [0.4, 0.5) is 5.69 Å². The molecule has 2 atom stereocenters. The van der Waals surface area contributed by atoms with Crippen molar-refractivity contribution in [3.8, 4) is 0 Å². The Balaban J connectivity index is 2.31. The standard InChI is InChI=1S/C12H14ClN3O4/c1-15(10-5-14-6-11(10)17)12(18)8-3-2-7(13)4-9(8)16(19)20/h2-4,10-11,14,17H,5-6H2,1H3/t10-,11-/m0/s1. The third kappa shape index (κ3) is 2.74. The number of carbonyl (C=O) groups excluding carboxylic acids is 1. The molecule has 1 saturated heterocycles. The second-order valence-corrected chi connectivity index (χ2v) is 5.06. The number of hydrogen-bond donors (Lipinski definition) is 2. The number of benzene rings is 1. The number of β-amino-alcohol motifs (C(OH)–C–C–N with tert-alkyl or cyclic N) is 1. The summed E-state index contributed by atoms with van der Waals surface area (Å²) in [7, 11) is 1.52. The van der Waals surface area contributed by atoms with E-state index in [0.29, 0.717) is 13.1 Å². The zero-order chi connectivity index (χ0) is 14.9. The van der Waals surface area contributed by atoms with Crippen molar-refractivity contribution in [2.75, 3.05) is 20.1 Å². The number of amides is 1. The van der Waals surface area contributed by atoms with E-state index in [1.807, 2.05) is 0 Å². The molecule has 1 heterocycles. The summed E-state index contributed by atoms with van der Waals surface area (Å²) in [6.07, 6.45) is -0.685. The van der Waals surface area contributed by atoms with Crippen molar-refractivity contribution in [1.29, 1.82) is 0 Å². The number of rotatable bonds is 3. The maximum atomic E-state index is 12.4. The van der Waals surface area contributed by atoms with Gasteiger partial charge in [0.25, 0.3) is 11.6 Å². The normalized spacial score (nSPS) is 21.8. The highest BCUT2D eigenvalue weighted by atomic mass is 35.5. The molecule has 0 saturated carbocycles. The molecule has 8 heteroatoms. The molecule has 1 fully saturated rings. The van der Waals surface area contributed by atoms with E-state index in [-0.39, 0.29) is 16.3 Å². The Hall–Kier alpha value is -1.70. The molecule has 0 spiro atoms. The fourth-order valence-corrected chi connectivity index (χ4v) is 2.39. The first-order valence-corrected chi connectivity index (χ1v) is 6.39. The number of nitro groups is 1. The fraction of sp³-hybridized carbons (Fsp3) is 0.417. The van der Waals surface area contributed by atoms with Gasteiger partial charge in [-0.2, -0.15) is 0 Å². The lowest BCUT2D eigenvalue weighted by Crippen LogP contribution is -2.44. The summed E-state index contributed by atoms with van der Waals surface area (Å²) in [6, 6.07) is 3.50. The van der Waals surface area contributed by atoms with Crippen molar-refractivity contribution in [2.45, 2.75) is 12.1 Å². The van der Waals surface area contributed by atoms with Crippen molar-refractivity contribution in [1.82, 2.24) is 10.2 Å². The number of halogens is 1. The zero-order valence-electron chi connectivity index (χ0n) is 10.7. The average Bonchev–Trinajstić information content (AvgIpc) is 2.83. The molecule has 1 aromatic rings. The molecule has 7 nitrogen and oxygen atoms in total. The minimum Gasteiger partial charge on any atom is -0.390 e. The van der Waals surface area contributed by atoms with E-state index >= 15 is 0 Å². The molecule has 0 unspecified atom stereocenters. The summed E-state index contributed by atoms with van der Waals surface area (Å²) in [4.78, 5) is 24.0. The van der Waals surface area contributed by atoms with Gasteiger partial charge in [0.1, 0.15) is 5.56 Å². The second kappa shape index (κ2) is 5.74. The first-order chi connectivity index (χ1) is 9.41. The molecule has 0 aromatic heterocycles. The van der Waals surface area contributed by atoms with Crippen LogP contribution in [0.3, 0.4) is 0 Å². The van der Waals surface area contributed by atoms with E-state index in [2.05, 4.69) is 5.32 Å². The lowest BCUT2D eigenvalue weighted by molar-refractivity contribution is -0.385. The topological polar surface area (TPSA) is 95.7 Å². The van der Waals surface area contributed by atoms with Gasteiger partial charge in [0, 0.05) is 31.2 Å². The van der Waals surface area contributed by atoms with Gasteiger partial charge >= 0.3 is 0 Å². The number of nitrogens with one attached hydrogen (secondary N) is 1.